The summed E-state index contributed by atoms with van der Waals surface area (Å²) in [5, 5.41) is 2.39. The molecule has 1 aliphatic heterocycles. The third-order valence-corrected chi connectivity index (χ3v) is 6.31. The number of Topliss-reactive ketones (excluding diaryl/α,β-unsaturated/α-hetero) is 1. The number of aromatic nitrogens is 1. The molecule has 0 radical (unpaired) electrons. The van der Waals surface area contributed by atoms with Crippen molar-refractivity contribution in [2.45, 2.75) is 6.92 Å². The van der Waals surface area contributed by atoms with Crippen LogP contribution in [0.2, 0.25) is 0 Å². The number of ether oxygens (including phenoxy) is 1. The van der Waals surface area contributed by atoms with Gasteiger partial charge in [-0.1, -0.05) is 24.3 Å². The number of nitrogens with zero attached hydrogens (tertiary/aromatic N) is 2. The molecule has 0 aliphatic carbocycles. The number of para-hydroxylation sites is 1. The summed E-state index contributed by atoms with van der Waals surface area (Å²) in [6, 6.07) is 16.5. The molecule has 2 aromatic heterocycles. The number of anilines is 1. The maximum absolute atomic E-state index is 13.2. The standard InChI is InChI=1S/C25H16N2O5S/c1-14-21-22(17-5-2-3-6-18(17)26-14)24(30)27(23(21)29)16-10-8-15(9-11-16)25(31)32-13-19(28)20-7-4-12-33-20/h2-12H,13H2,1H3. The molecule has 1 aliphatic rings. The molecule has 0 spiro atoms. The van der Waals surface area contributed by atoms with Crippen molar-refractivity contribution >= 4 is 51.5 Å². The van der Waals surface area contributed by atoms with Crippen LogP contribution >= 0.6 is 11.3 Å². The van der Waals surface area contributed by atoms with E-state index in [9.17, 15) is 19.2 Å². The molecule has 8 heteroatoms. The van der Waals surface area contributed by atoms with E-state index in [2.05, 4.69) is 4.98 Å². The van der Waals surface area contributed by atoms with Crippen LogP contribution < -0.4 is 4.90 Å². The molecule has 0 unspecified atom stereocenters. The van der Waals surface area contributed by atoms with Crippen molar-refractivity contribution in [1.29, 1.82) is 0 Å². The Hall–Kier alpha value is -4.17. The van der Waals surface area contributed by atoms with Gasteiger partial charge in [0.2, 0.25) is 5.78 Å². The number of fused-ring (bicyclic) bond motifs is 3. The van der Waals surface area contributed by atoms with Crippen LogP contribution in [-0.2, 0) is 4.74 Å². The van der Waals surface area contributed by atoms with Gasteiger partial charge in [-0.05, 0) is 48.7 Å². The lowest BCUT2D eigenvalue weighted by atomic mass is 10.0. The van der Waals surface area contributed by atoms with Crippen LogP contribution in [0.4, 0.5) is 5.69 Å². The van der Waals surface area contributed by atoms with Crippen LogP contribution in [0.3, 0.4) is 0 Å². The SMILES string of the molecule is Cc1nc2ccccc2c2c1C(=O)N(c1ccc(C(=O)OCC(=O)c3cccs3)cc1)C2=O. The number of ketones is 1. The van der Waals surface area contributed by atoms with Gasteiger partial charge in [0.1, 0.15) is 0 Å². The lowest BCUT2D eigenvalue weighted by Crippen LogP contribution is -2.29. The number of benzene rings is 2. The summed E-state index contributed by atoms with van der Waals surface area (Å²) in [6.07, 6.45) is 0. The number of thiophene rings is 1. The van der Waals surface area contributed by atoms with Gasteiger partial charge < -0.3 is 4.74 Å². The summed E-state index contributed by atoms with van der Waals surface area (Å²) in [7, 11) is 0. The van der Waals surface area contributed by atoms with Gasteiger partial charge >= 0.3 is 5.97 Å². The first-order chi connectivity index (χ1) is 16.0. The molecule has 2 amide bonds. The summed E-state index contributed by atoms with van der Waals surface area (Å²) in [5.41, 5.74) is 2.29. The Morgan fingerprint density at radius 1 is 0.939 bits per heavy atom. The van der Waals surface area contributed by atoms with E-state index < -0.39 is 17.8 Å². The van der Waals surface area contributed by atoms with Gasteiger partial charge in [-0.2, -0.15) is 0 Å². The van der Waals surface area contributed by atoms with Crippen LogP contribution in [0.25, 0.3) is 10.9 Å². The van der Waals surface area contributed by atoms with Crippen LogP contribution in [-0.4, -0.2) is 35.2 Å². The summed E-state index contributed by atoms with van der Waals surface area (Å²) in [4.78, 5) is 56.8. The second kappa shape index (κ2) is 8.07. The largest absolute Gasteiger partial charge is 0.454 e. The molecule has 0 saturated carbocycles. The van der Waals surface area contributed by atoms with Crippen molar-refractivity contribution in [2.75, 3.05) is 11.5 Å². The van der Waals surface area contributed by atoms with Gasteiger partial charge in [0.15, 0.2) is 6.61 Å². The van der Waals surface area contributed by atoms with E-state index in [0.29, 0.717) is 32.7 Å². The molecule has 2 aromatic carbocycles. The van der Waals surface area contributed by atoms with Crippen molar-refractivity contribution < 1.29 is 23.9 Å². The first-order valence-electron chi connectivity index (χ1n) is 10.1. The maximum atomic E-state index is 13.2. The minimum Gasteiger partial charge on any atom is -0.454 e. The van der Waals surface area contributed by atoms with E-state index in [-0.39, 0.29) is 23.5 Å². The Bertz CT molecular complexity index is 1440. The molecule has 3 heterocycles. The van der Waals surface area contributed by atoms with E-state index in [4.69, 9.17) is 4.74 Å². The summed E-state index contributed by atoms with van der Waals surface area (Å²) in [5.74, 6) is -1.84. The number of rotatable bonds is 5. The fourth-order valence-electron chi connectivity index (χ4n) is 3.84. The number of pyridine rings is 1. The van der Waals surface area contributed by atoms with Gasteiger partial charge in [-0.3, -0.25) is 19.4 Å². The topological polar surface area (TPSA) is 93.6 Å². The highest BCUT2D eigenvalue weighted by molar-refractivity contribution is 7.12. The van der Waals surface area contributed by atoms with Crippen molar-refractivity contribution in [2.24, 2.45) is 0 Å². The molecule has 0 atom stereocenters. The first-order valence-corrected chi connectivity index (χ1v) is 11.0. The van der Waals surface area contributed by atoms with Crippen molar-refractivity contribution in [3.05, 3.63) is 93.3 Å². The number of aryl methyl sites for hydroxylation is 1. The average molecular weight is 456 g/mol. The highest BCUT2D eigenvalue weighted by Crippen LogP contribution is 2.34. The van der Waals surface area contributed by atoms with E-state index in [0.717, 1.165) is 4.90 Å². The summed E-state index contributed by atoms with van der Waals surface area (Å²) >= 11 is 1.28. The number of hydrogen-bond acceptors (Lipinski definition) is 7. The second-order valence-electron chi connectivity index (χ2n) is 7.43. The number of imide groups is 1. The predicted molar refractivity (Wildman–Crippen MR) is 123 cm³/mol. The smallest absolute Gasteiger partial charge is 0.338 e. The first kappa shape index (κ1) is 20.7. The molecule has 0 N–H and O–H groups in total. The Morgan fingerprint density at radius 3 is 2.39 bits per heavy atom. The summed E-state index contributed by atoms with van der Waals surface area (Å²) in [6.45, 7) is 1.34. The minimum atomic E-state index is -0.667. The molecule has 4 aromatic rings. The lowest BCUT2D eigenvalue weighted by Gasteiger charge is -2.14. The van der Waals surface area contributed by atoms with Crippen molar-refractivity contribution in [3.8, 4) is 0 Å². The normalized spacial score (nSPS) is 12.8. The van der Waals surface area contributed by atoms with Gasteiger partial charge in [0.05, 0.1) is 38.5 Å². The highest BCUT2D eigenvalue weighted by Gasteiger charge is 2.40. The number of amides is 2. The molecular weight excluding hydrogens is 440 g/mol. The number of carbonyl (C=O) groups excluding carboxylic acids is 4. The Labute approximate surface area is 192 Å². The molecule has 0 bridgehead atoms. The number of esters is 1. The molecule has 7 nitrogen and oxygen atoms in total. The fourth-order valence-corrected chi connectivity index (χ4v) is 4.49. The van der Waals surface area contributed by atoms with Gasteiger partial charge in [0, 0.05) is 5.39 Å². The molecule has 33 heavy (non-hydrogen) atoms. The fraction of sp³-hybridized carbons (Fsp3) is 0.0800. The Balaban J connectivity index is 1.38. The molecule has 0 fully saturated rings. The maximum Gasteiger partial charge on any atom is 0.338 e. The van der Waals surface area contributed by atoms with Gasteiger partial charge in [0.25, 0.3) is 11.8 Å². The van der Waals surface area contributed by atoms with E-state index in [1.807, 2.05) is 6.07 Å². The number of hydrogen-bond donors (Lipinski definition) is 0. The zero-order valence-corrected chi connectivity index (χ0v) is 18.2. The zero-order chi connectivity index (χ0) is 23.1. The van der Waals surface area contributed by atoms with E-state index in [1.54, 1.807) is 42.6 Å². The van der Waals surface area contributed by atoms with Crippen LogP contribution in [0.5, 0.6) is 0 Å². The average Bonchev–Trinajstić information content (AvgIpc) is 3.45. The third kappa shape index (κ3) is 3.50. The Morgan fingerprint density at radius 2 is 1.67 bits per heavy atom. The van der Waals surface area contributed by atoms with Crippen LogP contribution in [0.15, 0.2) is 66.0 Å². The molecule has 162 valence electrons. The predicted octanol–water partition coefficient (Wildman–Crippen LogP) is 4.45. The molecule has 0 saturated heterocycles. The quantitative estimate of drug-likeness (QED) is 0.250. The minimum absolute atomic E-state index is 0.206. The lowest BCUT2D eigenvalue weighted by molar-refractivity contribution is 0.0476. The highest BCUT2D eigenvalue weighted by atomic mass is 32.1. The van der Waals surface area contributed by atoms with Crippen LogP contribution in [0, 0.1) is 6.92 Å². The molecule has 5 rings (SSSR count). The van der Waals surface area contributed by atoms with Gasteiger partial charge in [-0.15, -0.1) is 11.3 Å². The monoisotopic (exact) mass is 456 g/mol. The van der Waals surface area contributed by atoms with E-state index >= 15 is 0 Å². The van der Waals surface area contributed by atoms with Crippen molar-refractivity contribution in [1.82, 2.24) is 4.98 Å². The second-order valence-corrected chi connectivity index (χ2v) is 8.38. The van der Waals surface area contributed by atoms with Crippen molar-refractivity contribution in [3.63, 3.8) is 0 Å². The summed E-state index contributed by atoms with van der Waals surface area (Å²) < 4.78 is 5.10. The zero-order valence-electron chi connectivity index (χ0n) is 17.4. The number of carbonyl (C=O) groups is 4. The third-order valence-electron chi connectivity index (χ3n) is 5.40. The van der Waals surface area contributed by atoms with Gasteiger partial charge in [-0.25, -0.2) is 9.69 Å². The Kier molecular flexibility index (Phi) is 5.07. The van der Waals surface area contributed by atoms with Crippen LogP contribution in [0.1, 0.15) is 46.4 Å². The van der Waals surface area contributed by atoms with E-state index in [1.165, 1.54) is 35.6 Å². The molecular formula is C25H16N2O5S.